The Bertz CT molecular complexity index is 769. The summed E-state index contributed by atoms with van der Waals surface area (Å²) < 4.78 is 15.6. The second-order valence-corrected chi connectivity index (χ2v) is 4.92. The Morgan fingerprint density at radius 3 is 2.71 bits per heavy atom. The summed E-state index contributed by atoms with van der Waals surface area (Å²) in [6, 6.07) is 12.3. The summed E-state index contributed by atoms with van der Waals surface area (Å²) in [6.45, 7) is 0.270. The molecule has 108 valence electrons. The number of pyridine rings is 1. The maximum atomic E-state index is 13.8. The minimum atomic E-state index is -0.237. The van der Waals surface area contributed by atoms with Crippen molar-refractivity contribution >= 4 is 11.5 Å². The van der Waals surface area contributed by atoms with Gasteiger partial charge in [-0.05, 0) is 18.2 Å². The van der Waals surface area contributed by atoms with Crippen LogP contribution < -0.4 is 4.90 Å². The summed E-state index contributed by atoms with van der Waals surface area (Å²) in [5, 5.41) is 9.61. The van der Waals surface area contributed by atoms with Crippen LogP contribution >= 0.6 is 0 Å². The van der Waals surface area contributed by atoms with Gasteiger partial charge in [0.25, 0.3) is 0 Å². The van der Waals surface area contributed by atoms with Crippen LogP contribution in [0.4, 0.5) is 10.2 Å². The number of hydrogen-bond acceptors (Lipinski definition) is 3. The standard InChI is InChI=1S/C16H16FN3O/c1-19(10-12-6-2-3-7-13(12)17)16-14(11-21)20-9-5-4-8-15(20)18-16/h2-9,21H,10-11H2,1H3. The van der Waals surface area contributed by atoms with Crippen LogP contribution in [0.5, 0.6) is 0 Å². The molecule has 3 aromatic rings. The number of benzene rings is 1. The Labute approximate surface area is 122 Å². The molecule has 0 spiro atoms. The topological polar surface area (TPSA) is 40.8 Å². The number of rotatable bonds is 4. The van der Waals surface area contributed by atoms with Crippen LogP contribution in [-0.2, 0) is 13.2 Å². The van der Waals surface area contributed by atoms with Gasteiger partial charge in [-0.25, -0.2) is 9.37 Å². The van der Waals surface area contributed by atoms with Crippen molar-refractivity contribution in [3.05, 3.63) is 65.7 Å². The quantitative estimate of drug-likeness (QED) is 0.801. The van der Waals surface area contributed by atoms with E-state index >= 15 is 0 Å². The zero-order chi connectivity index (χ0) is 14.8. The second-order valence-electron chi connectivity index (χ2n) is 4.92. The van der Waals surface area contributed by atoms with Crippen LogP contribution in [0.15, 0.2) is 48.7 Å². The molecule has 0 radical (unpaired) electrons. The van der Waals surface area contributed by atoms with Crippen LogP contribution in [0, 0.1) is 5.82 Å². The Kier molecular flexibility index (Phi) is 3.58. The van der Waals surface area contributed by atoms with Gasteiger partial charge in [0.05, 0.1) is 12.3 Å². The number of aliphatic hydroxyl groups is 1. The van der Waals surface area contributed by atoms with Gasteiger partial charge in [0.15, 0.2) is 5.82 Å². The van der Waals surface area contributed by atoms with E-state index in [4.69, 9.17) is 0 Å². The van der Waals surface area contributed by atoms with Gasteiger partial charge in [-0.3, -0.25) is 4.40 Å². The lowest BCUT2D eigenvalue weighted by molar-refractivity contribution is 0.276. The number of fused-ring (bicyclic) bond motifs is 1. The Hall–Kier alpha value is -2.40. The van der Waals surface area contributed by atoms with Crippen LogP contribution in [0.1, 0.15) is 11.3 Å². The molecule has 2 heterocycles. The molecule has 0 amide bonds. The Balaban J connectivity index is 1.98. The molecular formula is C16H16FN3O. The molecule has 0 bridgehead atoms. The van der Waals surface area contributed by atoms with E-state index in [1.54, 1.807) is 12.1 Å². The highest BCUT2D eigenvalue weighted by Crippen LogP contribution is 2.22. The molecule has 21 heavy (non-hydrogen) atoms. The van der Waals surface area contributed by atoms with Crippen LogP contribution in [0.25, 0.3) is 5.65 Å². The van der Waals surface area contributed by atoms with Gasteiger partial charge in [-0.2, -0.15) is 0 Å². The summed E-state index contributed by atoms with van der Waals surface area (Å²) in [6.07, 6.45) is 1.86. The normalized spacial score (nSPS) is 11.0. The van der Waals surface area contributed by atoms with Crippen molar-refractivity contribution in [2.24, 2.45) is 0 Å². The van der Waals surface area contributed by atoms with E-state index in [1.807, 2.05) is 46.8 Å². The highest BCUT2D eigenvalue weighted by atomic mass is 19.1. The van der Waals surface area contributed by atoms with Gasteiger partial charge in [-0.1, -0.05) is 24.3 Å². The molecule has 0 atom stereocenters. The smallest absolute Gasteiger partial charge is 0.153 e. The molecule has 0 aliphatic heterocycles. The zero-order valence-electron chi connectivity index (χ0n) is 11.7. The SMILES string of the molecule is CN(Cc1ccccc1F)c1nc2ccccn2c1CO. The van der Waals surface area contributed by atoms with Crippen LogP contribution in [0.2, 0.25) is 0 Å². The van der Waals surface area contributed by atoms with Crippen molar-refractivity contribution in [1.29, 1.82) is 0 Å². The molecular weight excluding hydrogens is 269 g/mol. The van der Waals surface area contributed by atoms with E-state index in [9.17, 15) is 9.50 Å². The van der Waals surface area contributed by atoms with E-state index in [1.165, 1.54) is 6.07 Å². The maximum Gasteiger partial charge on any atom is 0.153 e. The first-order valence-electron chi connectivity index (χ1n) is 6.72. The molecule has 0 fully saturated rings. The van der Waals surface area contributed by atoms with Crippen molar-refractivity contribution in [1.82, 2.24) is 9.38 Å². The molecule has 2 aromatic heterocycles. The predicted molar refractivity (Wildman–Crippen MR) is 79.6 cm³/mol. The zero-order valence-corrected chi connectivity index (χ0v) is 11.7. The fourth-order valence-corrected chi connectivity index (χ4v) is 2.44. The second kappa shape index (κ2) is 5.54. The van der Waals surface area contributed by atoms with E-state index in [0.29, 0.717) is 23.6 Å². The molecule has 0 aliphatic rings. The largest absolute Gasteiger partial charge is 0.390 e. The predicted octanol–water partition coefficient (Wildman–Crippen LogP) is 2.60. The number of halogens is 1. The fourth-order valence-electron chi connectivity index (χ4n) is 2.44. The van der Waals surface area contributed by atoms with Crippen molar-refractivity contribution in [2.75, 3.05) is 11.9 Å². The number of aliphatic hydroxyl groups excluding tert-OH is 1. The number of aromatic nitrogens is 2. The number of hydrogen-bond donors (Lipinski definition) is 1. The van der Waals surface area contributed by atoms with E-state index in [0.717, 1.165) is 5.65 Å². The molecule has 3 rings (SSSR count). The van der Waals surface area contributed by atoms with Gasteiger partial charge >= 0.3 is 0 Å². The van der Waals surface area contributed by atoms with Gasteiger partial charge < -0.3 is 10.0 Å². The first-order chi connectivity index (χ1) is 10.2. The number of imidazole rings is 1. The van der Waals surface area contributed by atoms with Gasteiger partial charge in [-0.15, -0.1) is 0 Å². The van der Waals surface area contributed by atoms with Crippen molar-refractivity contribution in [2.45, 2.75) is 13.2 Å². The minimum absolute atomic E-state index is 0.123. The third-order valence-corrected chi connectivity index (χ3v) is 3.48. The monoisotopic (exact) mass is 285 g/mol. The lowest BCUT2D eigenvalue weighted by Gasteiger charge is -2.18. The first-order valence-corrected chi connectivity index (χ1v) is 6.72. The fraction of sp³-hybridized carbons (Fsp3) is 0.188. The van der Waals surface area contributed by atoms with Gasteiger partial charge in [0.2, 0.25) is 0 Å². The Morgan fingerprint density at radius 2 is 1.95 bits per heavy atom. The highest BCUT2D eigenvalue weighted by Gasteiger charge is 2.16. The lowest BCUT2D eigenvalue weighted by Crippen LogP contribution is -2.19. The highest BCUT2D eigenvalue weighted by molar-refractivity contribution is 5.55. The molecule has 0 aliphatic carbocycles. The van der Waals surface area contributed by atoms with Gasteiger partial charge in [0, 0.05) is 25.4 Å². The van der Waals surface area contributed by atoms with Crippen LogP contribution in [-0.4, -0.2) is 21.5 Å². The molecule has 0 saturated carbocycles. The molecule has 0 unspecified atom stereocenters. The van der Waals surface area contributed by atoms with Crippen molar-refractivity contribution in [3.8, 4) is 0 Å². The van der Waals surface area contributed by atoms with E-state index in [2.05, 4.69) is 4.98 Å². The summed E-state index contributed by atoms with van der Waals surface area (Å²) in [5.74, 6) is 0.422. The third kappa shape index (κ3) is 2.48. The maximum absolute atomic E-state index is 13.8. The molecule has 0 saturated heterocycles. The van der Waals surface area contributed by atoms with Crippen molar-refractivity contribution in [3.63, 3.8) is 0 Å². The molecule has 1 N–H and O–H groups in total. The van der Waals surface area contributed by atoms with Crippen LogP contribution in [0.3, 0.4) is 0 Å². The minimum Gasteiger partial charge on any atom is -0.390 e. The number of anilines is 1. The van der Waals surface area contributed by atoms with Crippen molar-refractivity contribution < 1.29 is 9.50 Å². The average Bonchev–Trinajstić information content (AvgIpc) is 2.88. The van der Waals surface area contributed by atoms with E-state index < -0.39 is 0 Å². The van der Waals surface area contributed by atoms with E-state index in [-0.39, 0.29) is 12.4 Å². The summed E-state index contributed by atoms with van der Waals surface area (Å²) in [4.78, 5) is 6.36. The molecule has 5 heteroatoms. The lowest BCUT2D eigenvalue weighted by atomic mass is 10.2. The molecule has 4 nitrogen and oxygen atoms in total. The number of nitrogens with zero attached hydrogens (tertiary/aromatic N) is 3. The summed E-state index contributed by atoms with van der Waals surface area (Å²) >= 11 is 0. The van der Waals surface area contributed by atoms with Gasteiger partial charge in [0.1, 0.15) is 11.5 Å². The molecule has 1 aromatic carbocycles. The third-order valence-electron chi connectivity index (χ3n) is 3.48. The summed E-state index contributed by atoms with van der Waals surface area (Å²) in [7, 11) is 1.84. The summed E-state index contributed by atoms with van der Waals surface area (Å²) in [5.41, 5.74) is 2.06. The first kappa shape index (κ1) is 13.6. The Morgan fingerprint density at radius 1 is 1.19 bits per heavy atom. The average molecular weight is 285 g/mol.